The predicted molar refractivity (Wildman–Crippen MR) is 124 cm³/mol. The smallest absolute Gasteiger partial charge is 0.293 e. The molecule has 25 heavy (non-hydrogen) atoms. The van der Waals surface area contributed by atoms with Crippen molar-refractivity contribution in [2.45, 2.75) is 59.3 Å². The minimum Gasteiger partial charge on any atom is -0.449 e. The van der Waals surface area contributed by atoms with Crippen LogP contribution in [0.5, 0.6) is 0 Å². The summed E-state index contributed by atoms with van der Waals surface area (Å²) in [6.07, 6.45) is 7.02. The first kappa shape index (κ1) is 26.3. The van der Waals surface area contributed by atoms with E-state index in [0.29, 0.717) is 0 Å². The fourth-order valence-electron chi connectivity index (χ4n) is 1.88. The van der Waals surface area contributed by atoms with E-state index in [9.17, 15) is 0 Å². The highest BCUT2D eigenvalue weighted by atomic mass is 29.9. The highest BCUT2D eigenvalue weighted by Gasteiger charge is 2.15. The van der Waals surface area contributed by atoms with E-state index in [4.69, 9.17) is 25.6 Å². The fourth-order valence-corrected chi connectivity index (χ4v) is 51.8. The number of unbranched alkanes of at least 4 members (excludes halogenated alkanes) is 3. The maximum atomic E-state index is 6.01. The van der Waals surface area contributed by atoms with Crippen LogP contribution in [0.3, 0.4) is 0 Å². The maximum absolute atomic E-state index is 6.01. The number of rotatable bonds is 21. The second-order valence-corrected chi connectivity index (χ2v) is 39.5. The van der Waals surface area contributed by atoms with Gasteiger partial charge in [-0.15, -0.1) is 0 Å². The Morgan fingerprint density at radius 1 is 0.560 bits per heavy atom. The van der Waals surface area contributed by atoms with E-state index in [2.05, 4.69) is 20.8 Å². The summed E-state index contributed by atoms with van der Waals surface area (Å²) in [5.74, 6) is 0. The van der Waals surface area contributed by atoms with Gasteiger partial charge in [0.25, 0.3) is 30.0 Å². The van der Waals surface area contributed by atoms with E-state index < -0.39 is 65.2 Å². The van der Waals surface area contributed by atoms with E-state index >= 15 is 0 Å². The average Bonchev–Trinajstić information content (AvgIpc) is 2.63. The molecule has 0 fully saturated rings. The maximum Gasteiger partial charge on any atom is 0.293 e. The molecule has 152 valence electrons. The van der Waals surface area contributed by atoms with Crippen molar-refractivity contribution in [3.8, 4) is 0 Å². The van der Waals surface area contributed by atoms with Crippen LogP contribution in [0.4, 0.5) is 0 Å². The molecule has 0 bridgehead atoms. The van der Waals surface area contributed by atoms with Crippen molar-refractivity contribution >= 4 is 65.2 Å². The van der Waals surface area contributed by atoms with Crippen molar-refractivity contribution in [1.82, 2.24) is 0 Å². The molecule has 0 saturated heterocycles. The van der Waals surface area contributed by atoms with Crippen molar-refractivity contribution in [3.05, 3.63) is 0 Å². The van der Waals surface area contributed by atoms with Crippen LogP contribution in [-0.2, 0) is 25.6 Å². The predicted octanol–water partition coefficient (Wildman–Crippen LogP) is -2.55. The largest absolute Gasteiger partial charge is 0.449 e. The van der Waals surface area contributed by atoms with Gasteiger partial charge in [0.1, 0.15) is 27.8 Å². The molecule has 0 aromatic heterocycles. The second kappa shape index (κ2) is 23.3. The topological polar surface area (TPSA) is 55.4 Å². The third kappa shape index (κ3) is 21.4. The van der Waals surface area contributed by atoms with Gasteiger partial charge in [0, 0.05) is 19.8 Å². The summed E-state index contributed by atoms with van der Waals surface area (Å²) in [7, 11) is -4.26. The number of hydrogen-bond acceptors (Lipinski definition) is 6. The van der Waals surface area contributed by atoms with Gasteiger partial charge in [-0.3, -0.25) is 0 Å². The molecule has 0 aliphatic heterocycles. The molecule has 0 aliphatic carbocycles. The Hall–Kier alpha value is 1.28. The van der Waals surface area contributed by atoms with Gasteiger partial charge in [0.05, 0.1) is 7.35 Å². The first-order valence-corrected chi connectivity index (χ1v) is 24.8. The van der Waals surface area contributed by atoms with Crippen molar-refractivity contribution in [3.63, 3.8) is 0 Å². The Labute approximate surface area is 169 Å². The molecule has 13 heteroatoms. The first-order valence-electron chi connectivity index (χ1n) is 9.81. The molecular weight excluding hydrogens is 437 g/mol. The highest BCUT2D eigenvalue weighted by molar-refractivity contribution is 7.58. The third-order valence-corrected chi connectivity index (χ3v) is 34.4. The minimum absolute atomic E-state index is 0.414. The lowest BCUT2D eigenvalue weighted by Gasteiger charge is -2.15. The van der Waals surface area contributed by atoms with Crippen LogP contribution in [0.2, 0.25) is 0 Å². The molecule has 0 spiro atoms. The molecule has 0 aliphatic rings. The lowest BCUT2D eigenvalue weighted by atomic mass is 10.4. The summed E-state index contributed by atoms with van der Waals surface area (Å²) in [5.41, 5.74) is 0. The van der Waals surface area contributed by atoms with Crippen molar-refractivity contribution in [2.75, 3.05) is 19.8 Å². The molecular formula is C12H40O6Si7. The molecule has 0 saturated carbocycles. The fraction of sp³-hybridized carbons (Fsp3) is 1.00. The Kier molecular flexibility index (Phi) is 24.5. The van der Waals surface area contributed by atoms with Crippen LogP contribution >= 0.6 is 0 Å². The molecule has 0 heterocycles. The van der Waals surface area contributed by atoms with Gasteiger partial charge in [-0.25, -0.2) is 0 Å². The van der Waals surface area contributed by atoms with E-state index in [1.54, 1.807) is 0 Å². The molecule has 6 nitrogen and oxygen atoms in total. The summed E-state index contributed by atoms with van der Waals surface area (Å²) >= 11 is 0. The van der Waals surface area contributed by atoms with Crippen LogP contribution in [0.1, 0.15) is 59.3 Å². The summed E-state index contributed by atoms with van der Waals surface area (Å²) < 4.78 is 35.0. The lowest BCUT2D eigenvalue weighted by molar-refractivity contribution is 0.286. The monoisotopic (exact) mass is 476 g/mol. The molecule has 0 radical (unpaired) electrons. The summed E-state index contributed by atoms with van der Waals surface area (Å²) in [5, 5.41) is 0. The van der Waals surface area contributed by atoms with Crippen molar-refractivity contribution < 1.29 is 25.6 Å². The van der Waals surface area contributed by atoms with Crippen LogP contribution in [0.25, 0.3) is 0 Å². The Morgan fingerprint density at radius 3 is 1.16 bits per heavy atom. The van der Waals surface area contributed by atoms with Crippen LogP contribution in [0.15, 0.2) is 0 Å². The molecule has 0 N–H and O–H groups in total. The third-order valence-electron chi connectivity index (χ3n) is 3.49. The minimum atomic E-state index is -0.796. The molecule has 0 unspecified atom stereocenters. The normalized spacial score (nSPS) is 15.5. The Bertz CT molecular complexity index is 220. The van der Waals surface area contributed by atoms with Gasteiger partial charge in [0.15, 0.2) is 0 Å². The van der Waals surface area contributed by atoms with E-state index in [1.807, 2.05) is 0 Å². The standard InChI is InChI=1S/C12H40O6Si7/c1-4-7-10-13-19-16-22-25(23-17-20-14-11-8-5-2)24-18-21-15-12-9-6-3/h25H,4-12,19-24H2,1-3H3. The molecule has 0 aromatic rings. The molecule has 0 amide bonds. The van der Waals surface area contributed by atoms with Gasteiger partial charge in [0.2, 0.25) is 0 Å². The molecule has 0 aromatic carbocycles. The van der Waals surface area contributed by atoms with E-state index in [0.717, 1.165) is 39.1 Å². The first-order chi connectivity index (χ1) is 12.3. The van der Waals surface area contributed by atoms with E-state index in [1.165, 1.54) is 19.3 Å². The Morgan fingerprint density at radius 2 is 0.880 bits per heavy atom. The summed E-state index contributed by atoms with van der Waals surface area (Å²) in [6, 6.07) is 0. The van der Waals surface area contributed by atoms with Gasteiger partial charge in [-0.1, -0.05) is 40.0 Å². The molecule has 0 rings (SSSR count). The lowest BCUT2D eigenvalue weighted by Crippen LogP contribution is -2.43. The average molecular weight is 477 g/mol. The molecule has 0 atom stereocenters. The van der Waals surface area contributed by atoms with Gasteiger partial charge in [-0.2, -0.15) is 0 Å². The number of hydrogen-bond donors (Lipinski definition) is 0. The quantitative estimate of drug-likeness (QED) is 0.134. The highest BCUT2D eigenvalue weighted by Crippen LogP contribution is 1.90. The SMILES string of the molecule is CCCCO[SiH2]O[SiH2][SiH]([SiH2]O[SiH2]OCCCC)[SiH2]O[SiH2]OCCCC. The van der Waals surface area contributed by atoms with E-state index in [-0.39, 0.29) is 0 Å². The zero-order valence-electron chi connectivity index (χ0n) is 16.6. The van der Waals surface area contributed by atoms with Gasteiger partial charge < -0.3 is 25.6 Å². The second-order valence-electron chi connectivity index (χ2n) is 6.12. The zero-order chi connectivity index (χ0) is 18.4. The van der Waals surface area contributed by atoms with Crippen LogP contribution < -0.4 is 0 Å². The van der Waals surface area contributed by atoms with Crippen LogP contribution in [0, 0.1) is 0 Å². The van der Waals surface area contributed by atoms with Crippen molar-refractivity contribution in [1.29, 1.82) is 0 Å². The van der Waals surface area contributed by atoms with Crippen molar-refractivity contribution in [2.24, 2.45) is 0 Å². The zero-order valence-corrected chi connectivity index (χ0v) is 26.3. The van der Waals surface area contributed by atoms with Gasteiger partial charge in [-0.05, 0) is 19.3 Å². The van der Waals surface area contributed by atoms with Gasteiger partial charge >= 0.3 is 0 Å². The summed E-state index contributed by atoms with van der Waals surface area (Å²) in [4.78, 5) is 0. The van der Waals surface area contributed by atoms with Crippen LogP contribution in [-0.4, -0.2) is 85.0 Å². The summed E-state index contributed by atoms with van der Waals surface area (Å²) in [6.45, 7) is 9.20. The Balaban J connectivity index is 3.76.